The number of aryl methyl sites for hydroxylation is 1. The Hall–Kier alpha value is -7.50. The minimum atomic E-state index is -2.94. The number of nitrogens with zero attached hydrogens (tertiary/aromatic N) is 5. The number of fused-ring (bicyclic) bond motifs is 2. The van der Waals surface area contributed by atoms with E-state index in [0.717, 1.165) is 48.1 Å². The van der Waals surface area contributed by atoms with Crippen molar-refractivity contribution in [1.29, 1.82) is 0 Å². The van der Waals surface area contributed by atoms with Gasteiger partial charge in [-0.3, -0.25) is 19.3 Å². The van der Waals surface area contributed by atoms with E-state index in [1.807, 2.05) is 69.3 Å². The Kier molecular flexibility index (Phi) is 21.0. The first-order valence-electron chi connectivity index (χ1n) is 29.1. The third-order valence-corrected chi connectivity index (χ3v) is 15.4. The van der Waals surface area contributed by atoms with Crippen molar-refractivity contribution in [3.63, 3.8) is 0 Å². The fourth-order valence-electron chi connectivity index (χ4n) is 10.4. The molecule has 0 saturated heterocycles. The lowest BCUT2D eigenvalue weighted by atomic mass is 9.83. The Morgan fingerprint density at radius 1 is 0.857 bits per heavy atom. The molecule has 4 aliphatic rings. The zero-order valence-electron chi connectivity index (χ0n) is 48.5. The molecule has 5 aromatic rings. The molecule has 1 unspecified atom stereocenters. The van der Waals surface area contributed by atoms with E-state index in [1.165, 1.54) is 46.6 Å². The molecule has 22 heteroatoms. The summed E-state index contributed by atoms with van der Waals surface area (Å²) >= 11 is 0. The van der Waals surface area contributed by atoms with Crippen LogP contribution < -0.4 is 36.6 Å². The maximum Gasteiger partial charge on any atom is 0.329 e. The number of amides is 5. The summed E-state index contributed by atoms with van der Waals surface area (Å²) in [6.07, 6.45) is 7.52. The number of hydrogen-bond donors (Lipinski definition) is 6. The monoisotopic (exact) mass is 1160 g/mol. The molecular weight excluding hydrogens is 1080 g/mol. The van der Waals surface area contributed by atoms with E-state index in [2.05, 4.69) is 54.1 Å². The maximum absolute atomic E-state index is 14.7. The summed E-state index contributed by atoms with van der Waals surface area (Å²) in [6.45, 7) is 12.2. The SMILES string of the molecule is CN[C@@H](C)C(=O)N[C@H](C(=O)N1Cc2cc(OCCOCCOCCOCCNCc3ccc(-n4cc(NC(=O)N5C=COC5c5ccnc(NCC6CC6)c5)c(C(F)F)n4)cc3)ccc2C[C@H]1C(=O)N[C@@H]1CCCc2ccccc21)C(C)(C)C. The molecule has 1 fully saturated rings. The van der Waals surface area contributed by atoms with Crippen molar-refractivity contribution in [2.75, 3.05) is 77.0 Å². The van der Waals surface area contributed by atoms with Crippen LogP contribution in [0, 0.1) is 11.3 Å². The summed E-state index contributed by atoms with van der Waals surface area (Å²) in [5.74, 6) is 1.08. The summed E-state index contributed by atoms with van der Waals surface area (Å²) in [6, 6.07) is 21.8. The minimum absolute atomic E-state index is 0.118. The second kappa shape index (κ2) is 28.9. The van der Waals surface area contributed by atoms with Gasteiger partial charge in [-0.05, 0) is 122 Å². The van der Waals surface area contributed by atoms with Crippen LogP contribution in [0.2, 0.25) is 0 Å². The van der Waals surface area contributed by atoms with Crippen LogP contribution >= 0.6 is 0 Å². The molecule has 9 rings (SSSR count). The molecule has 5 atom stereocenters. The second-order valence-corrected chi connectivity index (χ2v) is 22.7. The molecule has 84 heavy (non-hydrogen) atoms. The lowest BCUT2D eigenvalue weighted by molar-refractivity contribution is -0.147. The number of carbonyl (C=O) groups excluding carboxylic acids is 4. The predicted octanol–water partition coefficient (Wildman–Crippen LogP) is 7.87. The van der Waals surface area contributed by atoms with Crippen molar-refractivity contribution >= 4 is 35.3 Å². The first kappa shape index (κ1) is 61.1. The normalized spacial score (nSPS) is 18.1. The number of hydrogen-bond acceptors (Lipinski definition) is 14. The lowest BCUT2D eigenvalue weighted by Crippen LogP contribution is -2.62. The number of benzene rings is 3. The van der Waals surface area contributed by atoms with Crippen molar-refractivity contribution in [3.8, 4) is 11.4 Å². The number of aromatic nitrogens is 3. The molecule has 5 amide bonds. The van der Waals surface area contributed by atoms with E-state index in [1.54, 1.807) is 43.3 Å². The Morgan fingerprint density at radius 3 is 2.35 bits per heavy atom. The van der Waals surface area contributed by atoms with E-state index in [0.29, 0.717) is 87.9 Å². The van der Waals surface area contributed by atoms with E-state index >= 15 is 0 Å². The zero-order chi connectivity index (χ0) is 59.2. The Labute approximate surface area is 489 Å². The number of halogens is 2. The highest BCUT2D eigenvalue weighted by Gasteiger charge is 2.43. The summed E-state index contributed by atoms with van der Waals surface area (Å²) in [5.41, 5.74) is 5.00. The van der Waals surface area contributed by atoms with Gasteiger partial charge in [-0.1, -0.05) is 63.2 Å². The molecule has 3 aromatic carbocycles. The highest BCUT2D eigenvalue weighted by Crippen LogP contribution is 2.36. The van der Waals surface area contributed by atoms with Crippen LogP contribution in [-0.2, 0) is 59.3 Å². The quantitative estimate of drug-likeness (QED) is 0.0263. The number of alkyl halides is 2. The average molecular weight is 1160 g/mol. The Morgan fingerprint density at radius 2 is 1.61 bits per heavy atom. The number of likely N-dealkylation sites (N-methyl/N-ethyl adjacent to an activating group) is 1. The highest BCUT2D eigenvalue weighted by atomic mass is 19.3. The van der Waals surface area contributed by atoms with Gasteiger partial charge in [0.15, 0.2) is 5.69 Å². The molecule has 2 aliphatic carbocycles. The van der Waals surface area contributed by atoms with Crippen molar-refractivity contribution in [2.45, 2.75) is 116 Å². The van der Waals surface area contributed by atoms with Gasteiger partial charge in [0.05, 0.1) is 69.3 Å². The van der Waals surface area contributed by atoms with Crippen LogP contribution in [0.15, 0.2) is 104 Å². The number of rotatable bonds is 28. The van der Waals surface area contributed by atoms with Crippen LogP contribution in [0.4, 0.5) is 25.1 Å². The lowest BCUT2D eigenvalue weighted by Gasteiger charge is -2.41. The van der Waals surface area contributed by atoms with Crippen molar-refractivity contribution < 1.29 is 51.6 Å². The van der Waals surface area contributed by atoms with Gasteiger partial charge in [0.1, 0.15) is 36.5 Å². The number of ether oxygens (including phenoxy) is 5. The molecule has 20 nitrogen and oxygen atoms in total. The van der Waals surface area contributed by atoms with E-state index < -0.39 is 47.9 Å². The first-order chi connectivity index (χ1) is 40.6. The number of carbonyl (C=O) groups is 4. The van der Waals surface area contributed by atoms with E-state index in [9.17, 15) is 28.0 Å². The van der Waals surface area contributed by atoms with Gasteiger partial charge in [-0.25, -0.2) is 23.2 Å². The zero-order valence-corrected chi connectivity index (χ0v) is 48.5. The molecule has 0 radical (unpaired) electrons. The average Bonchev–Trinajstić information content (AvgIpc) is 3.43. The van der Waals surface area contributed by atoms with Crippen molar-refractivity contribution in [2.24, 2.45) is 11.3 Å². The summed E-state index contributed by atoms with van der Waals surface area (Å²) in [5, 5.41) is 22.6. The minimum Gasteiger partial charge on any atom is -0.491 e. The fraction of sp³-hybridized carbons (Fsp3) is 0.484. The molecule has 450 valence electrons. The molecular formula is C62H79F2N11O9. The van der Waals surface area contributed by atoms with Gasteiger partial charge >= 0.3 is 6.03 Å². The van der Waals surface area contributed by atoms with Gasteiger partial charge < -0.3 is 60.5 Å². The van der Waals surface area contributed by atoms with Crippen LogP contribution in [0.1, 0.15) is 111 Å². The van der Waals surface area contributed by atoms with Crippen LogP contribution in [-0.4, -0.2) is 133 Å². The van der Waals surface area contributed by atoms with E-state index in [4.69, 9.17) is 23.7 Å². The summed E-state index contributed by atoms with van der Waals surface area (Å²) in [4.78, 5) is 63.0. The van der Waals surface area contributed by atoms with Gasteiger partial charge in [-0.2, -0.15) is 5.10 Å². The number of nitrogens with one attached hydrogen (secondary N) is 6. The van der Waals surface area contributed by atoms with E-state index in [-0.39, 0.29) is 42.6 Å². The largest absolute Gasteiger partial charge is 0.491 e. The molecule has 0 bridgehead atoms. The standard InChI is InChI=1S/C62H79F2N11O9/c1-40(65-5)57(76)71-55(62(2,3)4)59(78)74-38-46-33-48(20-17-44(46)34-52(74)58(77)69-50-12-8-10-43-9-6-7-11-49(43)50)83-32-31-82-30-29-81-28-27-80-25-23-66-36-41-15-18-47(19-16-41)75-39-51(54(72-75)56(63)64)70-61(79)73-24-26-84-60(73)45-21-22-67-53(35-45)68-37-42-13-14-42/h6-7,9,11,15-22,24,26,33,35,39-40,42,50,52,55-56,60,65-66H,8,10,12-14,23,25,27-32,34,36-38H2,1-5H3,(H,67,68)(H,69,77)(H,70,79)(H,71,76)/t40-,50+,52-,55+,60?/m0/s1. The predicted molar refractivity (Wildman–Crippen MR) is 312 cm³/mol. The molecule has 2 aromatic heterocycles. The molecule has 1 saturated carbocycles. The topological polar surface area (TPSA) is 224 Å². The van der Waals surface area contributed by atoms with Crippen LogP contribution in [0.25, 0.3) is 5.69 Å². The smallest absolute Gasteiger partial charge is 0.329 e. The maximum atomic E-state index is 14.7. The fourth-order valence-corrected chi connectivity index (χ4v) is 10.4. The molecule has 0 spiro atoms. The third-order valence-electron chi connectivity index (χ3n) is 15.4. The van der Waals surface area contributed by atoms with Crippen LogP contribution in [0.3, 0.4) is 0 Å². The number of pyridine rings is 1. The van der Waals surface area contributed by atoms with Crippen molar-refractivity contribution in [1.82, 2.24) is 45.8 Å². The molecule has 2 aliphatic heterocycles. The Balaban J connectivity index is 0.662. The summed E-state index contributed by atoms with van der Waals surface area (Å²) in [7, 11) is 1.69. The first-order valence-corrected chi connectivity index (χ1v) is 29.1. The summed E-state index contributed by atoms with van der Waals surface area (Å²) < 4.78 is 58.8. The highest BCUT2D eigenvalue weighted by molar-refractivity contribution is 5.94. The third kappa shape index (κ3) is 16.2. The van der Waals surface area contributed by atoms with Crippen molar-refractivity contribution in [3.05, 3.63) is 143 Å². The Bertz CT molecular complexity index is 3060. The van der Waals surface area contributed by atoms with Gasteiger partial charge in [-0.15, -0.1) is 0 Å². The number of anilines is 2. The van der Waals surface area contributed by atoms with Gasteiger partial charge in [0.25, 0.3) is 6.43 Å². The second-order valence-electron chi connectivity index (χ2n) is 22.7. The molecule has 4 heterocycles. The van der Waals surface area contributed by atoms with Crippen LogP contribution in [0.5, 0.6) is 5.75 Å². The van der Waals surface area contributed by atoms with Gasteiger partial charge in [0.2, 0.25) is 23.9 Å². The molecule has 6 N–H and O–H groups in total. The number of urea groups is 1. The van der Waals surface area contributed by atoms with Gasteiger partial charge in [0, 0.05) is 50.6 Å².